The normalized spacial score (nSPS) is 10.5. The Balaban J connectivity index is 0.00000103. The van der Waals surface area contributed by atoms with E-state index in [9.17, 15) is 22.8 Å². The van der Waals surface area contributed by atoms with Gasteiger partial charge in [-0.2, -0.15) is 13.2 Å². The molecular weight excluding hydrogens is 409 g/mol. The van der Waals surface area contributed by atoms with E-state index in [4.69, 9.17) is 26.1 Å². The fourth-order valence-corrected chi connectivity index (χ4v) is 1.95. The molecule has 170 valence electrons. The van der Waals surface area contributed by atoms with Gasteiger partial charge in [0.1, 0.15) is 12.4 Å². The van der Waals surface area contributed by atoms with Gasteiger partial charge in [-0.15, -0.1) is 0 Å². The number of amides is 2. The van der Waals surface area contributed by atoms with Gasteiger partial charge < -0.3 is 26.6 Å². The number of carbonyl (C=O) groups excluding carboxylic acids is 2. The summed E-state index contributed by atoms with van der Waals surface area (Å²) in [6, 6.07) is 7.93. The number of aryl methyl sites for hydroxylation is 1. The first-order chi connectivity index (χ1) is 14.1. The number of nitrogens with one attached hydrogen (secondary N) is 2. The summed E-state index contributed by atoms with van der Waals surface area (Å²) in [5.74, 6) is -2.68. The number of nitrogens with two attached hydrogens (primary N) is 2. The Morgan fingerprint density at radius 2 is 1.67 bits per heavy atom. The fraction of sp³-hybridized carbons (Fsp3) is 0.500. The number of rotatable bonds is 12. The first-order valence-corrected chi connectivity index (χ1v) is 9.04. The van der Waals surface area contributed by atoms with Crippen LogP contribution in [0.3, 0.4) is 0 Å². The van der Waals surface area contributed by atoms with Crippen molar-refractivity contribution in [2.45, 2.75) is 25.4 Å². The number of carbonyl (C=O) groups is 3. The van der Waals surface area contributed by atoms with E-state index in [0.29, 0.717) is 13.2 Å². The summed E-state index contributed by atoms with van der Waals surface area (Å²) in [5, 5.41) is 12.4. The molecule has 0 unspecified atom stereocenters. The van der Waals surface area contributed by atoms with Crippen molar-refractivity contribution in [3.05, 3.63) is 29.8 Å². The van der Waals surface area contributed by atoms with Crippen LogP contribution in [-0.4, -0.2) is 61.9 Å². The van der Waals surface area contributed by atoms with Gasteiger partial charge in [-0.3, -0.25) is 14.9 Å². The zero-order chi connectivity index (χ0) is 23.0. The van der Waals surface area contributed by atoms with Crippen LogP contribution in [-0.2, 0) is 20.8 Å². The second kappa shape index (κ2) is 15.0. The molecule has 2 amide bonds. The predicted octanol–water partition coefficient (Wildman–Crippen LogP) is 0.171. The molecule has 0 aromatic heterocycles. The molecule has 1 aromatic rings. The van der Waals surface area contributed by atoms with Crippen LogP contribution in [0.2, 0.25) is 0 Å². The predicted molar refractivity (Wildman–Crippen MR) is 103 cm³/mol. The molecule has 7 N–H and O–H groups in total. The maximum absolute atomic E-state index is 11.4. The number of hydrogen-bond acceptors (Lipinski definition) is 6. The van der Waals surface area contributed by atoms with Crippen LogP contribution >= 0.6 is 0 Å². The topological polar surface area (TPSA) is 157 Å². The Kier molecular flexibility index (Phi) is 13.6. The summed E-state index contributed by atoms with van der Waals surface area (Å²) in [5.41, 5.74) is 11.7. The van der Waals surface area contributed by atoms with Gasteiger partial charge in [0.2, 0.25) is 11.8 Å². The summed E-state index contributed by atoms with van der Waals surface area (Å²) in [4.78, 5) is 30.8. The number of aliphatic carboxylic acids is 1. The molecule has 0 heterocycles. The number of unbranched alkanes of at least 4 members (excludes halogenated alkanes) is 1. The van der Waals surface area contributed by atoms with E-state index in [1.54, 1.807) is 0 Å². The average Bonchev–Trinajstić information content (AvgIpc) is 2.66. The second-order valence-electron chi connectivity index (χ2n) is 5.96. The number of hydrogen-bond donors (Lipinski definition) is 5. The lowest BCUT2D eigenvalue weighted by Crippen LogP contribution is -2.39. The molecule has 0 bridgehead atoms. The molecule has 0 fully saturated rings. The minimum Gasteiger partial charge on any atom is -0.492 e. The third-order valence-corrected chi connectivity index (χ3v) is 3.36. The highest BCUT2D eigenvalue weighted by Crippen LogP contribution is 2.14. The van der Waals surface area contributed by atoms with E-state index in [0.717, 1.165) is 31.6 Å². The van der Waals surface area contributed by atoms with Crippen molar-refractivity contribution in [2.24, 2.45) is 11.5 Å². The molecule has 0 spiro atoms. The van der Waals surface area contributed by atoms with Crippen LogP contribution in [0.5, 0.6) is 5.75 Å². The molecule has 12 heteroatoms. The largest absolute Gasteiger partial charge is 0.492 e. The lowest BCUT2D eigenvalue weighted by atomic mass is 10.1. The van der Waals surface area contributed by atoms with Crippen LogP contribution in [0.1, 0.15) is 18.4 Å². The number of primary amides is 1. The standard InChI is InChI=1S/C16H26N4O3.C2HF3O2/c17-8-2-1-3-13-4-6-14(7-5-13)23-10-9-20-16(22)12-19-11-15(18)21;3-2(4,5)1(6)7/h4-7,19H,1-3,8-12,17H2,(H2,18,21)(H,20,22);(H,6,7). The van der Waals surface area contributed by atoms with Crippen LogP contribution in [0, 0.1) is 0 Å². The van der Waals surface area contributed by atoms with Crippen molar-refractivity contribution in [3.8, 4) is 5.75 Å². The summed E-state index contributed by atoms with van der Waals surface area (Å²) < 4.78 is 37.3. The van der Waals surface area contributed by atoms with E-state index in [-0.39, 0.29) is 19.0 Å². The Labute approximate surface area is 171 Å². The molecule has 30 heavy (non-hydrogen) atoms. The van der Waals surface area contributed by atoms with Crippen molar-refractivity contribution in [3.63, 3.8) is 0 Å². The van der Waals surface area contributed by atoms with Crippen LogP contribution in [0.15, 0.2) is 24.3 Å². The Bertz CT molecular complexity index is 654. The number of ether oxygens (including phenoxy) is 1. The summed E-state index contributed by atoms with van der Waals surface area (Å²) in [7, 11) is 0. The summed E-state index contributed by atoms with van der Waals surface area (Å²) in [6.07, 6.45) is -1.94. The molecule has 0 atom stereocenters. The molecule has 1 aromatic carbocycles. The third kappa shape index (κ3) is 15.1. The van der Waals surface area contributed by atoms with E-state index in [2.05, 4.69) is 10.6 Å². The highest BCUT2D eigenvalue weighted by Gasteiger charge is 2.38. The van der Waals surface area contributed by atoms with Gasteiger partial charge in [-0.1, -0.05) is 12.1 Å². The average molecular weight is 436 g/mol. The highest BCUT2D eigenvalue weighted by molar-refractivity contribution is 5.80. The SMILES string of the molecule is NCCCCc1ccc(OCCNC(=O)CNCC(N)=O)cc1.O=C(O)C(F)(F)F. The van der Waals surface area contributed by atoms with Crippen LogP contribution in [0.4, 0.5) is 13.2 Å². The summed E-state index contributed by atoms with van der Waals surface area (Å²) in [6.45, 7) is 1.55. The van der Waals surface area contributed by atoms with Gasteiger partial charge in [-0.05, 0) is 43.5 Å². The molecule has 1 rings (SSSR count). The molecular formula is C18H27F3N4O5. The molecule has 0 saturated carbocycles. The minimum atomic E-state index is -5.08. The molecule has 0 saturated heterocycles. The zero-order valence-corrected chi connectivity index (χ0v) is 16.3. The first kappa shape index (κ1) is 27.1. The van der Waals surface area contributed by atoms with Crippen molar-refractivity contribution >= 4 is 17.8 Å². The van der Waals surface area contributed by atoms with Crippen LogP contribution in [0.25, 0.3) is 0 Å². The van der Waals surface area contributed by atoms with Crippen molar-refractivity contribution < 1.29 is 37.4 Å². The van der Waals surface area contributed by atoms with Crippen LogP contribution < -0.4 is 26.8 Å². The molecule has 0 aliphatic carbocycles. The second-order valence-corrected chi connectivity index (χ2v) is 5.96. The van der Waals surface area contributed by atoms with Gasteiger partial charge in [0.05, 0.1) is 19.6 Å². The Hall–Kier alpha value is -2.86. The maximum atomic E-state index is 11.4. The van der Waals surface area contributed by atoms with Crippen molar-refractivity contribution in [1.29, 1.82) is 0 Å². The molecule has 9 nitrogen and oxygen atoms in total. The van der Waals surface area contributed by atoms with Gasteiger partial charge in [0, 0.05) is 0 Å². The third-order valence-electron chi connectivity index (χ3n) is 3.36. The van der Waals surface area contributed by atoms with Crippen molar-refractivity contribution in [1.82, 2.24) is 10.6 Å². The zero-order valence-electron chi connectivity index (χ0n) is 16.3. The Morgan fingerprint density at radius 3 is 2.17 bits per heavy atom. The first-order valence-electron chi connectivity index (χ1n) is 9.04. The highest BCUT2D eigenvalue weighted by atomic mass is 19.4. The smallest absolute Gasteiger partial charge is 0.490 e. The molecule has 0 aliphatic rings. The van der Waals surface area contributed by atoms with Gasteiger partial charge >= 0.3 is 12.1 Å². The number of carboxylic acids is 1. The number of halogens is 3. The molecule has 0 aliphatic heterocycles. The number of alkyl halides is 3. The quantitative estimate of drug-likeness (QED) is 0.292. The van der Waals surface area contributed by atoms with Gasteiger partial charge in [0.15, 0.2) is 0 Å². The van der Waals surface area contributed by atoms with Gasteiger partial charge in [0.25, 0.3) is 0 Å². The lowest BCUT2D eigenvalue weighted by Gasteiger charge is -2.09. The summed E-state index contributed by atoms with van der Waals surface area (Å²) >= 11 is 0. The van der Waals surface area contributed by atoms with E-state index in [1.165, 1.54) is 5.56 Å². The molecule has 0 radical (unpaired) electrons. The fourth-order valence-electron chi connectivity index (χ4n) is 1.95. The van der Waals surface area contributed by atoms with Gasteiger partial charge in [-0.25, -0.2) is 4.79 Å². The number of carboxylic acid groups (broad SMARTS) is 1. The number of benzene rings is 1. The minimum absolute atomic E-state index is 0.0124. The van der Waals surface area contributed by atoms with E-state index >= 15 is 0 Å². The monoisotopic (exact) mass is 436 g/mol. The lowest BCUT2D eigenvalue weighted by molar-refractivity contribution is -0.192. The van der Waals surface area contributed by atoms with Crippen molar-refractivity contribution in [2.75, 3.05) is 32.8 Å². The Morgan fingerprint density at radius 1 is 1.07 bits per heavy atom. The maximum Gasteiger partial charge on any atom is 0.490 e. The van der Waals surface area contributed by atoms with E-state index < -0.39 is 18.1 Å². The van der Waals surface area contributed by atoms with E-state index in [1.807, 2.05) is 24.3 Å².